The van der Waals surface area contributed by atoms with Crippen molar-refractivity contribution in [2.24, 2.45) is 0 Å². The van der Waals surface area contributed by atoms with Crippen LogP contribution >= 0.6 is 0 Å². The van der Waals surface area contributed by atoms with E-state index in [4.69, 9.17) is 5.73 Å². The number of anilines is 1. The molecule has 2 N–H and O–H groups in total. The van der Waals surface area contributed by atoms with Gasteiger partial charge < -0.3 is 10.3 Å². The van der Waals surface area contributed by atoms with Crippen LogP contribution < -0.4 is 5.73 Å². The molecule has 0 saturated carbocycles. The Kier molecular flexibility index (Phi) is 3.14. The van der Waals surface area contributed by atoms with Gasteiger partial charge in [0, 0.05) is 24.6 Å². The summed E-state index contributed by atoms with van der Waals surface area (Å²) in [7, 11) is 0. The van der Waals surface area contributed by atoms with Gasteiger partial charge in [-0.2, -0.15) is 0 Å². The largest absolute Gasteiger partial charge is 0.399 e. The molecule has 0 fully saturated rings. The quantitative estimate of drug-likeness (QED) is 0.668. The number of benzene rings is 1. The molecule has 18 heavy (non-hydrogen) atoms. The van der Waals surface area contributed by atoms with Gasteiger partial charge in [0.15, 0.2) is 5.82 Å². The fourth-order valence-electron chi connectivity index (χ4n) is 1.86. The lowest BCUT2D eigenvalue weighted by atomic mass is 10.0. The molecule has 0 unspecified atom stereocenters. The van der Waals surface area contributed by atoms with Crippen molar-refractivity contribution in [3.63, 3.8) is 0 Å². The zero-order valence-corrected chi connectivity index (χ0v) is 10.3. The van der Waals surface area contributed by atoms with Gasteiger partial charge in [0.2, 0.25) is 5.78 Å². The number of hydrogen-bond donors (Lipinski definition) is 1. The standard InChI is InChI=1S/C13H14FN3O/c1-3-17-5-4-16-13(17)12(18)10-7-9(15)6-8(2)11(10)14/h4-7H,3,15H2,1-2H3. The molecule has 0 spiro atoms. The van der Waals surface area contributed by atoms with Crippen LogP contribution in [0, 0.1) is 12.7 Å². The number of nitrogens with two attached hydrogens (primary N) is 1. The van der Waals surface area contributed by atoms with Gasteiger partial charge in [-0.15, -0.1) is 0 Å². The molecule has 0 saturated heterocycles. The van der Waals surface area contributed by atoms with Gasteiger partial charge in [-0.25, -0.2) is 9.37 Å². The summed E-state index contributed by atoms with van der Waals surface area (Å²) in [5.74, 6) is -0.768. The summed E-state index contributed by atoms with van der Waals surface area (Å²) in [6, 6.07) is 2.84. The minimum atomic E-state index is -0.542. The minimum Gasteiger partial charge on any atom is -0.399 e. The molecule has 1 aromatic heterocycles. The van der Waals surface area contributed by atoms with E-state index in [2.05, 4.69) is 4.98 Å². The number of imidazole rings is 1. The molecule has 0 radical (unpaired) electrons. The van der Waals surface area contributed by atoms with Gasteiger partial charge in [-0.3, -0.25) is 4.79 Å². The number of carbonyl (C=O) groups excluding carboxylic acids is 1. The number of ketones is 1. The highest BCUT2D eigenvalue weighted by Gasteiger charge is 2.20. The molecule has 2 rings (SSSR count). The molecule has 0 bridgehead atoms. The van der Waals surface area contributed by atoms with Crippen molar-refractivity contribution in [1.82, 2.24) is 9.55 Å². The Labute approximate surface area is 104 Å². The maximum Gasteiger partial charge on any atom is 0.231 e. The molecule has 5 heteroatoms. The number of nitrogens with zero attached hydrogens (tertiary/aromatic N) is 2. The maximum atomic E-state index is 13.9. The monoisotopic (exact) mass is 247 g/mol. The van der Waals surface area contributed by atoms with Gasteiger partial charge in [0.1, 0.15) is 5.82 Å². The smallest absolute Gasteiger partial charge is 0.231 e. The molecule has 0 aliphatic carbocycles. The average Bonchev–Trinajstić information content (AvgIpc) is 2.81. The van der Waals surface area contributed by atoms with E-state index in [0.29, 0.717) is 17.8 Å². The van der Waals surface area contributed by atoms with E-state index in [1.54, 1.807) is 17.7 Å². The zero-order chi connectivity index (χ0) is 13.3. The summed E-state index contributed by atoms with van der Waals surface area (Å²) >= 11 is 0. The Balaban J connectivity index is 2.53. The lowest BCUT2D eigenvalue weighted by Crippen LogP contribution is -2.13. The highest BCUT2D eigenvalue weighted by Crippen LogP contribution is 2.19. The fraction of sp³-hybridized carbons (Fsp3) is 0.231. The number of rotatable bonds is 3. The van der Waals surface area contributed by atoms with E-state index in [9.17, 15) is 9.18 Å². The fourth-order valence-corrected chi connectivity index (χ4v) is 1.86. The molecule has 0 amide bonds. The number of hydrogen-bond acceptors (Lipinski definition) is 3. The summed E-state index contributed by atoms with van der Waals surface area (Å²) < 4.78 is 15.6. The minimum absolute atomic E-state index is 0.0339. The van der Waals surface area contributed by atoms with Crippen LogP contribution in [0.1, 0.15) is 28.7 Å². The second-order valence-electron chi connectivity index (χ2n) is 4.07. The zero-order valence-electron chi connectivity index (χ0n) is 10.3. The van der Waals surface area contributed by atoms with Crippen molar-refractivity contribution in [1.29, 1.82) is 0 Å². The lowest BCUT2D eigenvalue weighted by molar-refractivity contribution is 0.102. The number of carbonyl (C=O) groups is 1. The third-order valence-electron chi connectivity index (χ3n) is 2.78. The summed E-state index contributed by atoms with van der Waals surface area (Å²) in [5.41, 5.74) is 6.33. The van der Waals surface area contributed by atoms with Gasteiger partial charge in [0.25, 0.3) is 0 Å². The number of halogens is 1. The van der Waals surface area contributed by atoms with Crippen LogP contribution in [-0.4, -0.2) is 15.3 Å². The van der Waals surface area contributed by atoms with Crippen LogP contribution in [0.15, 0.2) is 24.5 Å². The predicted molar refractivity (Wildman–Crippen MR) is 66.9 cm³/mol. The molecular weight excluding hydrogens is 233 g/mol. The molecule has 0 atom stereocenters. The molecular formula is C13H14FN3O. The molecule has 4 nitrogen and oxygen atoms in total. The SMILES string of the molecule is CCn1ccnc1C(=O)c1cc(N)cc(C)c1F. The van der Waals surface area contributed by atoms with Crippen molar-refractivity contribution in [2.75, 3.05) is 5.73 Å². The summed E-state index contributed by atoms with van der Waals surface area (Å²) in [4.78, 5) is 16.2. The first kappa shape index (κ1) is 12.3. The van der Waals surface area contributed by atoms with E-state index >= 15 is 0 Å². The van der Waals surface area contributed by atoms with E-state index in [1.807, 2.05) is 6.92 Å². The van der Waals surface area contributed by atoms with Crippen molar-refractivity contribution < 1.29 is 9.18 Å². The first-order valence-corrected chi connectivity index (χ1v) is 5.66. The van der Waals surface area contributed by atoms with Crippen LogP contribution in [0.4, 0.5) is 10.1 Å². The molecule has 0 aliphatic rings. The molecule has 94 valence electrons. The van der Waals surface area contributed by atoms with Crippen LogP contribution in [0.2, 0.25) is 0 Å². The Morgan fingerprint density at radius 1 is 1.50 bits per heavy atom. The number of aryl methyl sites for hydroxylation is 2. The predicted octanol–water partition coefficient (Wildman–Crippen LogP) is 2.16. The summed E-state index contributed by atoms with van der Waals surface area (Å²) in [5, 5.41) is 0. The molecule has 1 heterocycles. The van der Waals surface area contributed by atoms with Crippen LogP contribution in [0.5, 0.6) is 0 Å². The van der Waals surface area contributed by atoms with E-state index in [1.165, 1.54) is 18.3 Å². The highest BCUT2D eigenvalue weighted by molar-refractivity contribution is 6.07. The van der Waals surface area contributed by atoms with Gasteiger partial charge in [-0.1, -0.05) is 0 Å². The maximum absolute atomic E-state index is 13.9. The van der Waals surface area contributed by atoms with E-state index < -0.39 is 11.6 Å². The Bertz CT molecular complexity index is 604. The number of aromatic nitrogens is 2. The van der Waals surface area contributed by atoms with Crippen molar-refractivity contribution in [3.8, 4) is 0 Å². The normalized spacial score (nSPS) is 10.6. The van der Waals surface area contributed by atoms with E-state index in [0.717, 1.165) is 0 Å². The summed E-state index contributed by atoms with van der Waals surface area (Å²) in [6.07, 6.45) is 3.21. The second-order valence-corrected chi connectivity index (χ2v) is 4.07. The van der Waals surface area contributed by atoms with Gasteiger partial charge in [0.05, 0.1) is 5.56 Å². The molecule has 1 aromatic carbocycles. The van der Waals surface area contributed by atoms with Crippen molar-refractivity contribution >= 4 is 11.5 Å². The van der Waals surface area contributed by atoms with Crippen LogP contribution in [0.25, 0.3) is 0 Å². The van der Waals surface area contributed by atoms with Crippen LogP contribution in [0.3, 0.4) is 0 Å². The van der Waals surface area contributed by atoms with Gasteiger partial charge in [-0.05, 0) is 31.5 Å². The van der Waals surface area contributed by atoms with Gasteiger partial charge >= 0.3 is 0 Å². The second kappa shape index (κ2) is 4.60. The van der Waals surface area contributed by atoms with Crippen molar-refractivity contribution in [3.05, 3.63) is 47.3 Å². The first-order chi connectivity index (χ1) is 8.54. The third kappa shape index (κ3) is 1.99. The Morgan fingerprint density at radius 3 is 2.89 bits per heavy atom. The Morgan fingerprint density at radius 2 is 2.22 bits per heavy atom. The number of nitrogen functional groups attached to an aromatic ring is 1. The summed E-state index contributed by atoms with van der Waals surface area (Å²) in [6.45, 7) is 4.07. The third-order valence-corrected chi connectivity index (χ3v) is 2.78. The average molecular weight is 247 g/mol. The van der Waals surface area contributed by atoms with Crippen molar-refractivity contribution in [2.45, 2.75) is 20.4 Å². The first-order valence-electron chi connectivity index (χ1n) is 5.66. The molecule has 2 aromatic rings. The lowest BCUT2D eigenvalue weighted by Gasteiger charge is -2.07. The topological polar surface area (TPSA) is 60.9 Å². The molecule has 0 aliphatic heterocycles. The highest BCUT2D eigenvalue weighted by atomic mass is 19.1. The van der Waals surface area contributed by atoms with E-state index in [-0.39, 0.29) is 11.4 Å². The van der Waals surface area contributed by atoms with Crippen LogP contribution in [-0.2, 0) is 6.54 Å². The Hall–Kier alpha value is -2.17.